The molecule has 0 aliphatic carbocycles. The lowest BCUT2D eigenvalue weighted by Gasteiger charge is -2.19. The van der Waals surface area contributed by atoms with E-state index in [4.69, 9.17) is 0 Å². The van der Waals surface area contributed by atoms with E-state index in [1.807, 2.05) is 0 Å². The molecule has 1 radical (unpaired) electrons. The van der Waals surface area contributed by atoms with Crippen LogP contribution in [0.5, 0.6) is 0 Å². The molecule has 23 heavy (non-hydrogen) atoms. The van der Waals surface area contributed by atoms with Crippen molar-refractivity contribution in [2.75, 3.05) is 0 Å². The van der Waals surface area contributed by atoms with Crippen LogP contribution in [-0.2, 0) is 11.8 Å². The van der Waals surface area contributed by atoms with Gasteiger partial charge in [-0.25, -0.2) is 0 Å². The number of hydrogen-bond acceptors (Lipinski definition) is 0. The summed E-state index contributed by atoms with van der Waals surface area (Å²) >= 11 is 0. The first-order valence-corrected chi connectivity index (χ1v) is 9.92. The maximum Gasteiger partial charge on any atom is -0.0132 e. The van der Waals surface area contributed by atoms with Gasteiger partial charge >= 0.3 is 0 Å². The van der Waals surface area contributed by atoms with Crippen LogP contribution in [0.25, 0.3) is 0 Å². The Hall–Kier alpha value is -0.780. The van der Waals surface area contributed by atoms with Crippen LogP contribution >= 0.6 is 0 Å². The van der Waals surface area contributed by atoms with Gasteiger partial charge < -0.3 is 0 Å². The summed E-state index contributed by atoms with van der Waals surface area (Å²) in [6, 6.07) is 9.27. The molecule has 1 rings (SSSR count). The zero-order valence-electron chi connectivity index (χ0n) is 16.0. The molecule has 0 N–H and O–H groups in total. The summed E-state index contributed by atoms with van der Waals surface area (Å²) in [4.78, 5) is 0. The van der Waals surface area contributed by atoms with Crippen LogP contribution in [-0.4, -0.2) is 0 Å². The van der Waals surface area contributed by atoms with Gasteiger partial charge in [0.05, 0.1) is 0 Å². The molecule has 0 bridgehead atoms. The van der Waals surface area contributed by atoms with Crippen molar-refractivity contribution in [3.05, 3.63) is 42.3 Å². The van der Waals surface area contributed by atoms with Gasteiger partial charge in [-0.1, -0.05) is 116 Å². The SMILES string of the molecule is [CH2]CCCCCCCCCCCCc1ccc(C(C)(C)C)cc1. The smallest absolute Gasteiger partial charge is 0.0132 e. The minimum atomic E-state index is 0.270. The predicted molar refractivity (Wildman–Crippen MR) is 105 cm³/mol. The fourth-order valence-corrected chi connectivity index (χ4v) is 3.09. The second kappa shape index (κ2) is 11.7. The molecular formula is C23H39. The Bertz CT molecular complexity index is 379. The summed E-state index contributed by atoms with van der Waals surface area (Å²) in [6.45, 7) is 10.7. The maximum atomic E-state index is 3.90. The molecule has 0 heterocycles. The second-order valence-electron chi connectivity index (χ2n) is 8.09. The highest BCUT2D eigenvalue weighted by Crippen LogP contribution is 2.22. The van der Waals surface area contributed by atoms with Gasteiger partial charge in [-0.2, -0.15) is 0 Å². The Balaban J connectivity index is 1.99. The van der Waals surface area contributed by atoms with Gasteiger partial charge in [-0.15, -0.1) is 0 Å². The van der Waals surface area contributed by atoms with Crippen molar-refractivity contribution in [1.29, 1.82) is 0 Å². The third kappa shape index (κ3) is 9.84. The van der Waals surface area contributed by atoms with Gasteiger partial charge in [-0.05, 0) is 29.4 Å². The van der Waals surface area contributed by atoms with E-state index >= 15 is 0 Å². The molecule has 0 heteroatoms. The normalized spacial score (nSPS) is 11.8. The first kappa shape index (κ1) is 20.3. The molecule has 0 unspecified atom stereocenters. The van der Waals surface area contributed by atoms with Crippen molar-refractivity contribution in [1.82, 2.24) is 0 Å². The van der Waals surface area contributed by atoms with E-state index in [-0.39, 0.29) is 5.41 Å². The second-order valence-corrected chi connectivity index (χ2v) is 8.09. The molecule has 0 amide bonds. The highest BCUT2D eigenvalue weighted by molar-refractivity contribution is 5.27. The fraction of sp³-hybridized carbons (Fsp3) is 0.696. The molecular weight excluding hydrogens is 276 g/mol. The Morgan fingerprint density at radius 2 is 1.09 bits per heavy atom. The van der Waals surface area contributed by atoms with E-state index in [0.29, 0.717) is 0 Å². The molecule has 0 atom stereocenters. The van der Waals surface area contributed by atoms with Crippen molar-refractivity contribution >= 4 is 0 Å². The number of aryl methyl sites for hydroxylation is 1. The largest absolute Gasteiger partial charge is 0.0588 e. The number of rotatable bonds is 12. The molecule has 131 valence electrons. The first-order valence-electron chi connectivity index (χ1n) is 9.92. The predicted octanol–water partition coefficient (Wildman–Crippen LogP) is 7.65. The van der Waals surface area contributed by atoms with Gasteiger partial charge in [0.1, 0.15) is 0 Å². The van der Waals surface area contributed by atoms with E-state index in [1.54, 1.807) is 0 Å². The summed E-state index contributed by atoms with van der Waals surface area (Å²) in [6.07, 6.45) is 16.4. The Morgan fingerprint density at radius 1 is 0.652 bits per heavy atom. The summed E-state index contributed by atoms with van der Waals surface area (Å²) in [7, 11) is 0. The maximum absolute atomic E-state index is 3.90. The quantitative estimate of drug-likeness (QED) is 0.347. The zero-order chi connectivity index (χ0) is 17.0. The van der Waals surface area contributed by atoms with Crippen LogP contribution in [0.4, 0.5) is 0 Å². The van der Waals surface area contributed by atoms with Crippen LogP contribution in [0.15, 0.2) is 24.3 Å². The molecule has 0 fully saturated rings. The number of hydrogen-bond donors (Lipinski definition) is 0. The molecule has 1 aromatic rings. The molecule has 0 saturated heterocycles. The monoisotopic (exact) mass is 315 g/mol. The van der Waals surface area contributed by atoms with Crippen molar-refractivity contribution in [3.63, 3.8) is 0 Å². The van der Waals surface area contributed by atoms with Crippen LogP contribution < -0.4 is 0 Å². The number of unbranched alkanes of at least 4 members (excludes halogenated alkanes) is 10. The number of benzene rings is 1. The van der Waals surface area contributed by atoms with Crippen LogP contribution in [0.1, 0.15) is 103 Å². The average molecular weight is 316 g/mol. The molecule has 0 aliphatic heterocycles. The average Bonchev–Trinajstić information content (AvgIpc) is 2.52. The van der Waals surface area contributed by atoms with Crippen LogP contribution in [0.2, 0.25) is 0 Å². The molecule has 0 aromatic heterocycles. The molecule has 1 aromatic carbocycles. The van der Waals surface area contributed by atoms with Crippen LogP contribution in [0.3, 0.4) is 0 Å². The summed E-state index contributed by atoms with van der Waals surface area (Å²) in [5.74, 6) is 0. The lowest BCUT2D eigenvalue weighted by atomic mass is 9.86. The molecule has 0 aliphatic rings. The summed E-state index contributed by atoms with van der Waals surface area (Å²) in [5.41, 5.74) is 3.21. The van der Waals surface area contributed by atoms with Crippen molar-refractivity contribution < 1.29 is 0 Å². The van der Waals surface area contributed by atoms with E-state index in [1.165, 1.54) is 81.8 Å². The molecule has 0 spiro atoms. The van der Waals surface area contributed by atoms with Gasteiger partial charge in [0.15, 0.2) is 0 Å². The lowest BCUT2D eigenvalue weighted by Crippen LogP contribution is -2.10. The molecule has 0 nitrogen and oxygen atoms in total. The van der Waals surface area contributed by atoms with Gasteiger partial charge in [-0.3, -0.25) is 0 Å². The van der Waals surface area contributed by atoms with E-state index in [0.717, 1.165) is 6.42 Å². The topological polar surface area (TPSA) is 0 Å². The zero-order valence-corrected chi connectivity index (χ0v) is 16.0. The standard InChI is InChI=1S/C23H39/c1-5-6-7-8-9-10-11-12-13-14-15-16-21-17-19-22(20-18-21)23(2,3)4/h17-20H,1,5-16H2,2-4H3. The Labute approximate surface area is 146 Å². The van der Waals surface area contributed by atoms with Gasteiger partial charge in [0.2, 0.25) is 0 Å². The first-order chi connectivity index (χ1) is 11.0. The summed E-state index contributed by atoms with van der Waals surface area (Å²) < 4.78 is 0. The highest BCUT2D eigenvalue weighted by Gasteiger charge is 2.12. The highest BCUT2D eigenvalue weighted by atomic mass is 14.2. The fourth-order valence-electron chi connectivity index (χ4n) is 3.09. The lowest BCUT2D eigenvalue weighted by molar-refractivity contribution is 0.552. The van der Waals surface area contributed by atoms with Crippen molar-refractivity contribution in [3.8, 4) is 0 Å². The third-order valence-corrected chi connectivity index (χ3v) is 4.79. The molecule has 0 saturated carbocycles. The van der Waals surface area contributed by atoms with Crippen molar-refractivity contribution in [2.45, 2.75) is 103 Å². The van der Waals surface area contributed by atoms with E-state index in [9.17, 15) is 0 Å². The Kier molecular flexibility index (Phi) is 10.3. The summed E-state index contributed by atoms with van der Waals surface area (Å²) in [5, 5.41) is 0. The van der Waals surface area contributed by atoms with Crippen LogP contribution in [0, 0.1) is 6.92 Å². The minimum absolute atomic E-state index is 0.270. The van der Waals surface area contributed by atoms with E-state index in [2.05, 4.69) is 52.0 Å². The minimum Gasteiger partial charge on any atom is -0.0588 e. The van der Waals surface area contributed by atoms with Crippen molar-refractivity contribution in [2.24, 2.45) is 0 Å². The van der Waals surface area contributed by atoms with Gasteiger partial charge in [0.25, 0.3) is 0 Å². The van der Waals surface area contributed by atoms with E-state index < -0.39 is 0 Å². The van der Waals surface area contributed by atoms with Gasteiger partial charge in [0, 0.05) is 0 Å². The Morgan fingerprint density at radius 3 is 1.52 bits per heavy atom. The third-order valence-electron chi connectivity index (χ3n) is 4.79.